The number of nitrogens with one attached hydrogen (secondary N) is 1. The van der Waals surface area contributed by atoms with Gasteiger partial charge in [-0.2, -0.15) is 0 Å². The molecule has 0 aliphatic carbocycles. The topological polar surface area (TPSA) is 73.9 Å². The molecule has 6 heteroatoms. The van der Waals surface area contributed by atoms with E-state index in [-0.39, 0.29) is 13.2 Å². The number of rotatable bonds is 11. The molecule has 1 atom stereocenters. The number of ether oxygens (including phenoxy) is 3. The Balaban J connectivity index is 1.49. The average molecular weight is 448 g/mol. The number of benzene rings is 3. The SMILES string of the molecule is COc1ccc(CCCOC(=O)NC(Cc2ccccc2)C(=O)OCc2ccccc2)cc1. The molecule has 0 aromatic heterocycles. The van der Waals surface area contributed by atoms with E-state index in [9.17, 15) is 9.59 Å². The molecule has 33 heavy (non-hydrogen) atoms. The minimum Gasteiger partial charge on any atom is -0.497 e. The van der Waals surface area contributed by atoms with Crippen molar-refractivity contribution in [3.05, 3.63) is 102 Å². The van der Waals surface area contributed by atoms with Crippen molar-refractivity contribution in [2.75, 3.05) is 13.7 Å². The molecule has 1 amide bonds. The van der Waals surface area contributed by atoms with E-state index >= 15 is 0 Å². The first-order chi connectivity index (χ1) is 16.1. The highest BCUT2D eigenvalue weighted by Crippen LogP contribution is 2.13. The fourth-order valence-electron chi connectivity index (χ4n) is 3.29. The number of carbonyl (C=O) groups excluding carboxylic acids is 2. The van der Waals surface area contributed by atoms with Gasteiger partial charge >= 0.3 is 12.1 Å². The predicted molar refractivity (Wildman–Crippen MR) is 126 cm³/mol. The standard InChI is InChI=1S/C27H29NO5/c1-31-24-16-14-21(15-17-24)13-8-18-32-27(30)28-25(19-22-9-4-2-5-10-22)26(29)33-20-23-11-6-3-7-12-23/h2-7,9-12,14-17,25H,8,13,18-20H2,1H3,(H,28,30). The monoisotopic (exact) mass is 447 g/mol. The van der Waals surface area contributed by atoms with Gasteiger partial charge in [0, 0.05) is 6.42 Å². The molecule has 0 spiro atoms. The Bertz CT molecular complexity index is 990. The fraction of sp³-hybridized carbons (Fsp3) is 0.259. The van der Waals surface area contributed by atoms with Crippen molar-refractivity contribution in [2.24, 2.45) is 0 Å². The van der Waals surface area contributed by atoms with E-state index in [1.165, 1.54) is 0 Å². The summed E-state index contributed by atoms with van der Waals surface area (Å²) in [4.78, 5) is 25.1. The highest BCUT2D eigenvalue weighted by molar-refractivity contribution is 5.81. The van der Waals surface area contributed by atoms with Crippen molar-refractivity contribution in [2.45, 2.75) is 31.9 Å². The fourth-order valence-corrected chi connectivity index (χ4v) is 3.29. The van der Waals surface area contributed by atoms with Crippen molar-refractivity contribution in [3.63, 3.8) is 0 Å². The number of methoxy groups -OCH3 is 1. The van der Waals surface area contributed by atoms with E-state index in [4.69, 9.17) is 14.2 Å². The van der Waals surface area contributed by atoms with Crippen LogP contribution in [0.2, 0.25) is 0 Å². The minimum absolute atomic E-state index is 0.142. The molecule has 0 aliphatic rings. The molecule has 6 nitrogen and oxygen atoms in total. The van der Waals surface area contributed by atoms with Gasteiger partial charge < -0.3 is 19.5 Å². The van der Waals surface area contributed by atoms with Gasteiger partial charge in [-0.25, -0.2) is 9.59 Å². The van der Waals surface area contributed by atoms with Crippen LogP contribution in [0.3, 0.4) is 0 Å². The summed E-state index contributed by atoms with van der Waals surface area (Å²) in [5, 5.41) is 2.66. The summed E-state index contributed by atoms with van der Waals surface area (Å²) in [6.07, 6.45) is 1.11. The van der Waals surface area contributed by atoms with Gasteiger partial charge in [0.25, 0.3) is 0 Å². The van der Waals surface area contributed by atoms with Crippen LogP contribution in [0.4, 0.5) is 4.79 Å². The molecule has 3 rings (SSSR count). The molecule has 172 valence electrons. The molecule has 0 saturated carbocycles. The van der Waals surface area contributed by atoms with Gasteiger partial charge in [-0.15, -0.1) is 0 Å². The van der Waals surface area contributed by atoms with Crippen LogP contribution in [0, 0.1) is 0 Å². The zero-order valence-corrected chi connectivity index (χ0v) is 18.7. The Hall–Kier alpha value is -3.80. The smallest absolute Gasteiger partial charge is 0.407 e. The third-order valence-electron chi connectivity index (χ3n) is 5.09. The molecule has 0 radical (unpaired) electrons. The number of hydrogen-bond donors (Lipinski definition) is 1. The van der Waals surface area contributed by atoms with Crippen LogP contribution in [-0.2, 0) is 33.7 Å². The maximum atomic E-state index is 12.7. The van der Waals surface area contributed by atoms with Gasteiger partial charge in [0.2, 0.25) is 0 Å². The molecule has 0 saturated heterocycles. The molecule has 1 N–H and O–H groups in total. The van der Waals surface area contributed by atoms with Crippen molar-refractivity contribution < 1.29 is 23.8 Å². The second-order valence-corrected chi connectivity index (χ2v) is 7.57. The molecular weight excluding hydrogens is 418 g/mol. The average Bonchev–Trinajstić information content (AvgIpc) is 2.86. The molecule has 3 aromatic rings. The molecule has 0 aliphatic heterocycles. The summed E-state index contributed by atoms with van der Waals surface area (Å²) in [5.74, 6) is 0.302. The summed E-state index contributed by atoms with van der Waals surface area (Å²) in [7, 11) is 1.63. The maximum Gasteiger partial charge on any atom is 0.407 e. The van der Waals surface area contributed by atoms with Crippen LogP contribution in [0.5, 0.6) is 5.75 Å². The quantitative estimate of drug-likeness (QED) is 0.340. The summed E-state index contributed by atoms with van der Waals surface area (Å²) in [6, 6.07) is 25.8. The largest absolute Gasteiger partial charge is 0.497 e. The van der Waals surface area contributed by atoms with E-state index in [1.54, 1.807) is 7.11 Å². The van der Waals surface area contributed by atoms with Crippen LogP contribution >= 0.6 is 0 Å². The van der Waals surface area contributed by atoms with Crippen molar-refractivity contribution in [3.8, 4) is 5.75 Å². The van der Waals surface area contributed by atoms with E-state index in [0.717, 1.165) is 28.9 Å². The molecule has 0 bridgehead atoms. The van der Waals surface area contributed by atoms with Crippen LogP contribution in [-0.4, -0.2) is 31.8 Å². The van der Waals surface area contributed by atoms with Crippen LogP contribution in [0.25, 0.3) is 0 Å². The number of hydrogen-bond acceptors (Lipinski definition) is 5. The lowest BCUT2D eigenvalue weighted by Crippen LogP contribution is -2.43. The lowest BCUT2D eigenvalue weighted by atomic mass is 10.1. The number of esters is 1. The number of amides is 1. The predicted octanol–water partition coefficient (Wildman–Crippen LogP) is 4.71. The highest BCUT2D eigenvalue weighted by Gasteiger charge is 2.23. The van der Waals surface area contributed by atoms with Gasteiger partial charge in [0.15, 0.2) is 0 Å². The minimum atomic E-state index is -0.842. The van der Waals surface area contributed by atoms with Gasteiger partial charge in [0.05, 0.1) is 13.7 Å². The first-order valence-electron chi connectivity index (χ1n) is 10.9. The van der Waals surface area contributed by atoms with Gasteiger partial charge in [0.1, 0.15) is 18.4 Å². The summed E-state index contributed by atoms with van der Waals surface area (Å²) < 4.78 is 15.9. The Kier molecular flexibility index (Phi) is 9.33. The second-order valence-electron chi connectivity index (χ2n) is 7.57. The third-order valence-corrected chi connectivity index (χ3v) is 5.09. The first kappa shape index (κ1) is 23.9. The molecule has 0 fully saturated rings. The Morgan fingerprint density at radius 2 is 1.42 bits per heavy atom. The van der Waals surface area contributed by atoms with Crippen molar-refractivity contribution in [1.29, 1.82) is 0 Å². The van der Waals surface area contributed by atoms with Gasteiger partial charge in [-0.1, -0.05) is 72.8 Å². The number of alkyl carbamates (subject to hydrolysis) is 1. The third kappa shape index (κ3) is 8.33. The molecular formula is C27H29NO5. The Labute approximate surface area is 194 Å². The van der Waals surface area contributed by atoms with E-state index in [1.807, 2.05) is 84.9 Å². The van der Waals surface area contributed by atoms with E-state index in [2.05, 4.69) is 5.32 Å². The zero-order valence-electron chi connectivity index (χ0n) is 18.7. The van der Waals surface area contributed by atoms with Crippen molar-refractivity contribution in [1.82, 2.24) is 5.32 Å². The summed E-state index contributed by atoms with van der Waals surface area (Å²) >= 11 is 0. The van der Waals surface area contributed by atoms with Crippen LogP contribution < -0.4 is 10.1 Å². The molecule has 1 unspecified atom stereocenters. The van der Waals surface area contributed by atoms with Crippen LogP contribution in [0.15, 0.2) is 84.9 Å². The summed E-state index contributed by atoms with van der Waals surface area (Å²) in [6.45, 7) is 0.387. The van der Waals surface area contributed by atoms with Gasteiger partial charge in [-0.05, 0) is 41.7 Å². The highest BCUT2D eigenvalue weighted by atomic mass is 16.6. The lowest BCUT2D eigenvalue weighted by molar-refractivity contribution is -0.147. The van der Waals surface area contributed by atoms with Crippen molar-refractivity contribution >= 4 is 12.1 Å². The normalized spacial score (nSPS) is 11.3. The molecule has 3 aromatic carbocycles. The Morgan fingerprint density at radius 1 is 0.788 bits per heavy atom. The molecule has 0 heterocycles. The number of carbonyl (C=O) groups is 2. The van der Waals surface area contributed by atoms with E-state index in [0.29, 0.717) is 12.8 Å². The zero-order chi connectivity index (χ0) is 23.3. The number of aryl methyl sites for hydroxylation is 1. The summed E-state index contributed by atoms with van der Waals surface area (Å²) in [5.41, 5.74) is 2.93. The first-order valence-corrected chi connectivity index (χ1v) is 10.9. The van der Waals surface area contributed by atoms with Gasteiger partial charge in [-0.3, -0.25) is 0 Å². The van der Waals surface area contributed by atoms with Crippen LogP contribution in [0.1, 0.15) is 23.1 Å². The lowest BCUT2D eigenvalue weighted by Gasteiger charge is -2.18. The van der Waals surface area contributed by atoms with E-state index < -0.39 is 18.1 Å². The second kappa shape index (κ2) is 12.9. The maximum absolute atomic E-state index is 12.7. The Morgan fingerprint density at radius 3 is 2.06 bits per heavy atom.